The van der Waals surface area contributed by atoms with Gasteiger partial charge in [-0.25, -0.2) is 9.48 Å². The molecule has 0 aliphatic rings. The summed E-state index contributed by atoms with van der Waals surface area (Å²) >= 11 is 0. The fourth-order valence-corrected chi connectivity index (χ4v) is 1.04. The Morgan fingerprint density at radius 3 is 2.58 bits per heavy atom. The number of ketones is 1. The third-order valence-corrected chi connectivity index (χ3v) is 1.86. The highest BCUT2D eigenvalue weighted by Crippen LogP contribution is 2.26. The molecule has 0 amide bonds. The van der Waals surface area contributed by atoms with Crippen molar-refractivity contribution in [1.29, 1.82) is 0 Å². The Morgan fingerprint density at radius 2 is 2.11 bits per heavy atom. The molecule has 0 atom stereocenters. The summed E-state index contributed by atoms with van der Waals surface area (Å²) in [5, 5.41) is 17.1. The average Bonchev–Trinajstić information content (AvgIpc) is 2.75. The van der Waals surface area contributed by atoms with Crippen LogP contribution in [0.3, 0.4) is 0 Å². The molecule has 1 aromatic rings. The van der Waals surface area contributed by atoms with Crippen LogP contribution >= 0.6 is 0 Å². The Kier molecular flexibility index (Phi) is 4.19. The van der Waals surface area contributed by atoms with Gasteiger partial charge in [0.25, 0.3) is 11.6 Å². The molecule has 1 rings (SSSR count). The van der Waals surface area contributed by atoms with E-state index in [1.54, 1.807) is 0 Å². The summed E-state index contributed by atoms with van der Waals surface area (Å²) in [6, 6.07) is 0. The van der Waals surface area contributed by atoms with E-state index in [1.807, 2.05) is 0 Å². The van der Waals surface area contributed by atoms with Gasteiger partial charge in [0.15, 0.2) is 0 Å². The number of nitrogens with zero attached hydrogens (tertiary/aromatic N) is 4. The van der Waals surface area contributed by atoms with Gasteiger partial charge in [-0.1, -0.05) is 0 Å². The molecule has 8 nitrogen and oxygen atoms in total. The first-order chi connectivity index (χ1) is 8.75. The van der Waals surface area contributed by atoms with Crippen molar-refractivity contribution in [3.05, 3.63) is 17.7 Å². The summed E-state index contributed by atoms with van der Waals surface area (Å²) in [6.45, 7) is -0.628. The third kappa shape index (κ3) is 3.76. The van der Waals surface area contributed by atoms with Gasteiger partial charge in [0.1, 0.15) is 12.3 Å². The molecule has 1 aromatic heterocycles. The molecular weight excluding hydrogens is 273 g/mol. The molecule has 0 fully saturated rings. The largest absolute Gasteiger partial charge is 0.499 e. The van der Waals surface area contributed by atoms with E-state index in [9.17, 15) is 22.8 Å². The Bertz CT molecular complexity index is 522. The number of rotatable bonds is 5. The summed E-state index contributed by atoms with van der Waals surface area (Å²) in [4.78, 5) is 21.2. The molecule has 0 saturated carbocycles. The van der Waals surface area contributed by atoms with Gasteiger partial charge in [0.2, 0.25) is 0 Å². The van der Waals surface area contributed by atoms with Gasteiger partial charge >= 0.3 is 12.1 Å². The Hall–Kier alpha value is -2.46. The molecule has 1 heterocycles. The topological polar surface area (TPSA) is 107 Å². The summed E-state index contributed by atoms with van der Waals surface area (Å²) in [5.41, 5.74) is 0. The van der Waals surface area contributed by atoms with Crippen molar-refractivity contribution in [3.63, 3.8) is 0 Å². The third-order valence-electron chi connectivity index (χ3n) is 1.86. The summed E-state index contributed by atoms with van der Waals surface area (Å²) in [5.74, 6) is -4.82. The number of allylic oxidation sites excluding steroid dienone is 1. The van der Waals surface area contributed by atoms with Crippen LogP contribution in [0.5, 0.6) is 0 Å². The van der Waals surface area contributed by atoms with E-state index in [-0.39, 0.29) is 5.76 Å². The quantitative estimate of drug-likeness (QED) is 0.455. The monoisotopic (exact) mass is 280 g/mol. The number of aromatic nitrogens is 4. The number of carbonyl (C=O) groups excluding carboxylic acids is 1. The van der Waals surface area contributed by atoms with E-state index in [0.29, 0.717) is 10.8 Å². The van der Waals surface area contributed by atoms with Crippen molar-refractivity contribution in [2.24, 2.45) is 0 Å². The second-order valence-electron chi connectivity index (χ2n) is 3.14. The van der Waals surface area contributed by atoms with Crippen LogP contribution in [-0.4, -0.2) is 44.2 Å². The first-order valence-corrected chi connectivity index (χ1v) is 4.61. The number of methoxy groups -OCH3 is 1. The van der Waals surface area contributed by atoms with Crippen molar-refractivity contribution >= 4 is 11.8 Å². The predicted octanol–water partition coefficient (Wildman–Crippen LogP) is -0.124. The number of carboxylic acids is 1. The molecule has 0 aliphatic carbocycles. The van der Waals surface area contributed by atoms with Crippen LogP contribution in [0, 0.1) is 0 Å². The number of carbonyl (C=O) groups is 2. The highest BCUT2D eigenvalue weighted by molar-refractivity contribution is 6.37. The zero-order valence-corrected chi connectivity index (χ0v) is 9.38. The van der Waals surface area contributed by atoms with Crippen molar-refractivity contribution in [2.75, 3.05) is 7.11 Å². The molecule has 0 aromatic carbocycles. The molecule has 11 heteroatoms. The second-order valence-corrected chi connectivity index (χ2v) is 3.14. The van der Waals surface area contributed by atoms with Gasteiger partial charge in [-0.3, -0.25) is 4.79 Å². The van der Waals surface area contributed by atoms with Crippen LogP contribution in [0.2, 0.25) is 0 Å². The standard InChI is InChI=1S/C8H7F3N4O4/c1-19-4(2-5(16)6(17)18)3-15-7(8(9,10)11)12-13-14-15/h2H,3H2,1H3,(H,17,18)/b4-2+. The van der Waals surface area contributed by atoms with E-state index in [1.165, 1.54) is 0 Å². The molecule has 0 aliphatic heterocycles. The van der Waals surface area contributed by atoms with Crippen molar-refractivity contribution in [1.82, 2.24) is 20.2 Å². The zero-order chi connectivity index (χ0) is 14.6. The number of aliphatic carboxylic acids is 1. The molecule has 0 saturated heterocycles. The highest BCUT2D eigenvalue weighted by Gasteiger charge is 2.38. The first kappa shape index (κ1) is 14.6. The maximum absolute atomic E-state index is 12.4. The molecule has 1 N–H and O–H groups in total. The van der Waals surface area contributed by atoms with Crippen LogP contribution in [0.25, 0.3) is 0 Å². The average molecular weight is 280 g/mol. The lowest BCUT2D eigenvalue weighted by atomic mass is 10.3. The van der Waals surface area contributed by atoms with E-state index in [0.717, 1.165) is 7.11 Å². The number of alkyl halides is 3. The number of hydrogen-bond acceptors (Lipinski definition) is 6. The van der Waals surface area contributed by atoms with Gasteiger partial charge in [0.05, 0.1) is 7.11 Å². The van der Waals surface area contributed by atoms with E-state index >= 15 is 0 Å². The Balaban J connectivity index is 2.98. The fourth-order valence-electron chi connectivity index (χ4n) is 1.04. The highest BCUT2D eigenvalue weighted by atomic mass is 19.4. The molecule has 0 spiro atoms. The molecule has 0 radical (unpaired) electrons. The number of carboxylic acid groups (broad SMARTS) is 1. The van der Waals surface area contributed by atoms with Crippen LogP contribution in [0.1, 0.15) is 5.82 Å². The van der Waals surface area contributed by atoms with Crippen molar-refractivity contribution < 1.29 is 32.6 Å². The maximum atomic E-state index is 12.4. The number of hydrogen-bond donors (Lipinski definition) is 1. The van der Waals surface area contributed by atoms with Gasteiger partial charge < -0.3 is 9.84 Å². The van der Waals surface area contributed by atoms with Gasteiger partial charge in [-0.15, -0.1) is 5.10 Å². The Morgan fingerprint density at radius 1 is 1.47 bits per heavy atom. The normalized spacial score (nSPS) is 12.3. The smallest absolute Gasteiger partial charge is 0.453 e. The molecule has 0 bridgehead atoms. The summed E-state index contributed by atoms with van der Waals surface area (Å²) in [7, 11) is 1.07. The zero-order valence-electron chi connectivity index (χ0n) is 9.38. The molecule has 0 unspecified atom stereocenters. The molecular formula is C8H7F3N4O4. The lowest BCUT2D eigenvalue weighted by molar-refractivity contribution is -0.148. The van der Waals surface area contributed by atoms with Crippen LogP contribution in [-0.2, 0) is 27.0 Å². The minimum absolute atomic E-state index is 0.329. The SMILES string of the molecule is CO/C(=C/C(=O)C(=O)O)Cn1nnnc1C(F)(F)F. The Labute approximate surface area is 103 Å². The van der Waals surface area contributed by atoms with Gasteiger partial charge in [0, 0.05) is 6.08 Å². The number of ether oxygens (including phenoxy) is 1. The minimum Gasteiger partial charge on any atom is -0.499 e. The van der Waals surface area contributed by atoms with Crippen molar-refractivity contribution in [3.8, 4) is 0 Å². The van der Waals surface area contributed by atoms with E-state index in [2.05, 4.69) is 20.3 Å². The summed E-state index contributed by atoms with van der Waals surface area (Å²) < 4.78 is 42.3. The van der Waals surface area contributed by atoms with Gasteiger partial charge in [-0.2, -0.15) is 13.2 Å². The van der Waals surface area contributed by atoms with Gasteiger partial charge in [-0.05, 0) is 10.4 Å². The second kappa shape index (κ2) is 5.46. The van der Waals surface area contributed by atoms with E-state index in [4.69, 9.17) is 5.11 Å². The van der Waals surface area contributed by atoms with Crippen LogP contribution < -0.4 is 0 Å². The van der Waals surface area contributed by atoms with Crippen LogP contribution in [0.4, 0.5) is 13.2 Å². The van der Waals surface area contributed by atoms with Crippen LogP contribution in [0.15, 0.2) is 11.8 Å². The molecule has 19 heavy (non-hydrogen) atoms. The van der Waals surface area contributed by atoms with E-state index < -0.39 is 30.3 Å². The minimum atomic E-state index is -4.78. The lowest BCUT2D eigenvalue weighted by Gasteiger charge is -2.08. The summed E-state index contributed by atoms with van der Waals surface area (Å²) in [6.07, 6.45) is -4.23. The first-order valence-electron chi connectivity index (χ1n) is 4.61. The number of tetrazole rings is 1. The predicted molar refractivity (Wildman–Crippen MR) is 50.6 cm³/mol. The fraction of sp³-hybridized carbons (Fsp3) is 0.375. The van der Waals surface area contributed by atoms with Crippen molar-refractivity contribution in [2.45, 2.75) is 12.7 Å². The maximum Gasteiger partial charge on any atom is 0.453 e. The lowest BCUT2D eigenvalue weighted by Crippen LogP contribution is -2.18. The number of halogens is 3. The molecule has 104 valence electrons.